The topological polar surface area (TPSA) is 52.0 Å². The summed E-state index contributed by atoms with van der Waals surface area (Å²) in [5, 5.41) is 0. The number of anilines is 2. The van der Waals surface area contributed by atoms with E-state index in [2.05, 4.69) is 6.07 Å². The molecule has 0 aromatic heterocycles. The molecular weight excluding hydrogens is 216 g/mol. The lowest BCUT2D eigenvalue weighted by molar-refractivity contribution is 1.46. The fraction of sp³-hybridized carbons (Fsp3) is 0.0769. The van der Waals surface area contributed by atoms with Gasteiger partial charge in [-0.1, -0.05) is 12.1 Å². The molecule has 0 aliphatic heterocycles. The molecule has 0 bridgehead atoms. The van der Waals surface area contributed by atoms with E-state index in [4.69, 9.17) is 11.5 Å². The molecule has 0 amide bonds. The summed E-state index contributed by atoms with van der Waals surface area (Å²) >= 11 is 1.68. The van der Waals surface area contributed by atoms with Crippen molar-refractivity contribution >= 4 is 23.1 Å². The van der Waals surface area contributed by atoms with Crippen molar-refractivity contribution in [1.29, 1.82) is 0 Å². The highest BCUT2D eigenvalue weighted by atomic mass is 32.2. The highest BCUT2D eigenvalue weighted by Gasteiger charge is 2.01. The molecule has 0 aliphatic rings. The van der Waals surface area contributed by atoms with Crippen molar-refractivity contribution in [3.8, 4) is 11.1 Å². The summed E-state index contributed by atoms with van der Waals surface area (Å²) in [7, 11) is 0. The molecule has 4 N–H and O–H groups in total. The van der Waals surface area contributed by atoms with E-state index < -0.39 is 0 Å². The predicted octanol–water partition coefficient (Wildman–Crippen LogP) is 3.24. The molecule has 3 heteroatoms. The molecule has 0 fully saturated rings. The number of nitrogens with two attached hydrogens (primary N) is 2. The smallest absolute Gasteiger partial charge is 0.0331 e. The second-order valence-electron chi connectivity index (χ2n) is 3.62. The zero-order valence-electron chi connectivity index (χ0n) is 9.10. The molecular formula is C13H14N2S. The van der Waals surface area contributed by atoms with E-state index in [1.807, 2.05) is 42.7 Å². The predicted molar refractivity (Wildman–Crippen MR) is 72.5 cm³/mol. The normalized spacial score (nSPS) is 10.3. The first kappa shape index (κ1) is 10.9. The minimum Gasteiger partial charge on any atom is -0.399 e. The molecule has 2 aromatic carbocycles. The molecule has 2 rings (SSSR count). The van der Waals surface area contributed by atoms with Crippen LogP contribution in [0.5, 0.6) is 0 Å². The summed E-state index contributed by atoms with van der Waals surface area (Å²) in [6.07, 6.45) is 2.04. The van der Waals surface area contributed by atoms with Crippen LogP contribution in [0.4, 0.5) is 11.4 Å². The zero-order valence-corrected chi connectivity index (χ0v) is 9.92. The summed E-state index contributed by atoms with van der Waals surface area (Å²) in [5.74, 6) is 0. The van der Waals surface area contributed by atoms with Crippen LogP contribution in [0.3, 0.4) is 0 Å². The first-order valence-electron chi connectivity index (χ1n) is 4.99. The van der Waals surface area contributed by atoms with Crippen LogP contribution in [0.25, 0.3) is 11.1 Å². The molecule has 16 heavy (non-hydrogen) atoms. The summed E-state index contributed by atoms with van der Waals surface area (Å²) in [4.78, 5) is 1.16. The van der Waals surface area contributed by atoms with Gasteiger partial charge in [0.25, 0.3) is 0 Å². The van der Waals surface area contributed by atoms with Gasteiger partial charge in [0.1, 0.15) is 0 Å². The van der Waals surface area contributed by atoms with E-state index >= 15 is 0 Å². The Bertz CT molecular complexity index is 509. The van der Waals surface area contributed by atoms with Crippen LogP contribution in [0.15, 0.2) is 47.4 Å². The van der Waals surface area contributed by atoms with Gasteiger partial charge in [0.15, 0.2) is 0 Å². The summed E-state index contributed by atoms with van der Waals surface area (Å²) in [6, 6.07) is 13.9. The lowest BCUT2D eigenvalue weighted by Crippen LogP contribution is -1.89. The van der Waals surface area contributed by atoms with Crippen molar-refractivity contribution < 1.29 is 0 Å². The average Bonchev–Trinajstić information content (AvgIpc) is 2.28. The molecule has 0 aliphatic carbocycles. The third-order valence-corrected chi connectivity index (χ3v) is 3.09. The van der Waals surface area contributed by atoms with Crippen molar-refractivity contribution in [2.24, 2.45) is 0 Å². The molecule has 0 atom stereocenters. The molecule has 0 saturated heterocycles. The lowest BCUT2D eigenvalue weighted by Gasteiger charge is -2.06. The van der Waals surface area contributed by atoms with Gasteiger partial charge in [0.05, 0.1) is 0 Å². The molecule has 0 radical (unpaired) electrons. The molecule has 82 valence electrons. The fourth-order valence-corrected chi connectivity index (χ4v) is 2.12. The van der Waals surface area contributed by atoms with Gasteiger partial charge in [-0.3, -0.25) is 0 Å². The maximum Gasteiger partial charge on any atom is 0.0331 e. The summed E-state index contributed by atoms with van der Waals surface area (Å²) < 4.78 is 0. The van der Waals surface area contributed by atoms with E-state index in [1.54, 1.807) is 11.8 Å². The number of hydrogen-bond donors (Lipinski definition) is 2. The van der Waals surface area contributed by atoms with Gasteiger partial charge in [-0.15, -0.1) is 11.8 Å². The highest BCUT2D eigenvalue weighted by molar-refractivity contribution is 7.98. The Kier molecular flexibility index (Phi) is 3.06. The molecule has 2 nitrogen and oxygen atoms in total. The molecule has 0 heterocycles. The maximum absolute atomic E-state index is 5.87. The van der Waals surface area contributed by atoms with Gasteiger partial charge in [0.2, 0.25) is 0 Å². The first-order valence-corrected chi connectivity index (χ1v) is 6.22. The highest BCUT2D eigenvalue weighted by Crippen LogP contribution is 2.28. The van der Waals surface area contributed by atoms with E-state index in [1.165, 1.54) is 0 Å². The first-order chi connectivity index (χ1) is 7.69. The largest absolute Gasteiger partial charge is 0.399 e. The zero-order chi connectivity index (χ0) is 11.5. The summed E-state index contributed by atoms with van der Waals surface area (Å²) in [6.45, 7) is 0. The van der Waals surface area contributed by atoms with Gasteiger partial charge in [0, 0.05) is 16.3 Å². The van der Waals surface area contributed by atoms with Crippen molar-refractivity contribution in [2.45, 2.75) is 4.90 Å². The SMILES string of the molecule is CSc1cc(N)cc(-c2cccc(N)c2)c1. The molecule has 0 saturated carbocycles. The van der Waals surface area contributed by atoms with Crippen LogP contribution in [-0.2, 0) is 0 Å². The number of rotatable bonds is 2. The second-order valence-corrected chi connectivity index (χ2v) is 4.50. The Hall–Kier alpha value is -1.61. The van der Waals surface area contributed by atoms with Gasteiger partial charge in [-0.05, 0) is 47.7 Å². The van der Waals surface area contributed by atoms with E-state index in [0.29, 0.717) is 0 Å². The number of benzene rings is 2. The minimum absolute atomic E-state index is 0.769. The van der Waals surface area contributed by atoms with E-state index in [9.17, 15) is 0 Å². The van der Waals surface area contributed by atoms with Crippen LogP contribution in [0.1, 0.15) is 0 Å². The minimum atomic E-state index is 0.769. The molecule has 2 aromatic rings. The third kappa shape index (κ3) is 2.31. The second kappa shape index (κ2) is 4.49. The van der Waals surface area contributed by atoms with E-state index in [0.717, 1.165) is 27.4 Å². The number of thioether (sulfide) groups is 1. The van der Waals surface area contributed by atoms with Crippen molar-refractivity contribution in [2.75, 3.05) is 17.7 Å². The van der Waals surface area contributed by atoms with Crippen LogP contribution < -0.4 is 11.5 Å². The Morgan fingerprint density at radius 1 is 0.875 bits per heavy atom. The standard InChI is InChI=1S/C13H14N2S/c1-16-13-7-10(6-12(15)8-13)9-3-2-4-11(14)5-9/h2-8H,14-15H2,1H3. The Balaban J connectivity index is 2.51. The Labute approximate surface area is 99.7 Å². The molecule has 0 unspecified atom stereocenters. The quantitative estimate of drug-likeness (QED) is 0.615. The fourth-order valence-electron chi connectivity index (χ4n) is 1.62. The van der Waals surface area contributed by atoms with Gasteiger partial charge < -0.3 is 11.5 Å². The maximum atomic E-state index is 5.87. The number of nitrogen functional groups attached to an aromatic ring is 2. The average molecular weight is 230 g/mol. The van der Waals surface area contributed by atoms with Crippen molar-refractivity contribution in [3.05, 3.63) is 42.5 Å². The van der Waals surface area contributed by atoms with Gasteiger partial charge >= 0.3 is 0 Å². The number of hydrogen-bond acceptors (Lipinski definition) is 3. The van der Waals surface area contributed by atoms with Crippen LogP contribution in [0.2, 0.25) is 0 Å². The van der Waals surface area contributed by atoms with Crippen LogP contribution in [-0.4, -0.2) is 6.26 Å². The monoisotopic (exact) mass is 230 g/mol. The van der Waals surface area contributed by atoms with Crippen molar-refractivity contribution in [3.63, 3.8) is 0 Å². The summed E-state index contributed by atoms with van der Waals surface area (Å²) in [5.41, 5.74) is 15.4. The molecule has 0 spiro atoms. The lowest BCUT2D eigenvalue weighted by atomic mass is 10.0. The Morgan fingerprint density at radius 2 is 1.62 bits per heavy atom. The van der Waals surface area contributed by atoms with Gasteiger partial charge in [-0.25, -0.2) is 0 Å². The van der Waals surface area contributed by atoms with Crippen LogP contribution >= 0.6 is 11.8 Å². The third-order valence-electron chi connectivity index (χ3n) is 2.38. The Morgan fingerprint density at radius 3 is 2.31 bits per heavy atom. The van der Waals surface area contributed by atoms with Crippen LogP contribution in [0, 0.1) is 0 Å². The van der Waals surface area contributed by atoms with Crippen molar-refractivity contribution in [1.82, 2.24) is 0 Å². The van der Waals surface area contributed by atoms with Gasteiger partial charge in [-0.2, -0.15) is 0 Å². The van der Waals surface area contributed by atoms with E-state index in [-0.39, 0.29) is 0 Å².